The molecule has 174 valence electrons. The molecule has 1 saturated heterocycles. The molecule has 1 fully saturated rings. The largest absolute Gasteiger partial charge is 0.360 e. The summed E-state index contributed by atoms with van der Waals surface area (Å²) in [4.78, 5) is 41.5. The number of likely N-dealkylation sites (N-methyl/N-ethyl adjacent to an activating group) is 1. The first-order chi connectivity index (χ1) is 15.8. The number of likely N-dealkylation sites (tertiary alicyclic amines) is 1. The first-order valence-electron chi connectivity index (χ1n) is 10.9. The number of para-hydroxylation sites is 1. The van der Waals surface area contributed by atoms with Crippen LogP contribution in [0, 0.1) is 0 Å². The molecule has 4 rings (SSSR count). The molecule has 0 saturated carbocycles. The van der Waals surface area contributed by atoms with Crippen LogP contribution in [0.5, 0.6) is 0 Å². The molecular formula is C23H28ClN7O2. The van der Waals surface area contributed by atoms with E-state index in [0.29, 0.717) is 29.8 Å². The van der Waals surface area contributed by atoms with Crippen molar-refractivity contribution in [3.05, 3.63) is 41.7 Å². The van der Waals surface area contributed by atoms with Gasteiger partial charge in [-0.15, -0.1) is 0 Å². The average molecular weight is 470 g/mol. The molecule has 3 aromatic rings. The van der Waals surface area contributed by atoms with Gasteiger partial charge in [0.1, 0.15) is 6.54 Å². The Morgan fingerprint density at radius 2 is 1.94 bits per heavy atom. The van der Waals surface area contributed by atoms with Crippen LogP contribution in [0.2, 0.25) is 5.02 Å². The fourth-order valence-electron chi connectivity index (χ4n) is 4.06. The number of urea groups is 1. The third kappa shape index (κ3) is 5.03. The van der Waals surface area contributed by atoms with Crippen LogP contribution in [0.1, 0.15) is 12.8 Å². The van der Waals surface area contributed by atoms with Crippen LogP contribution in [-0.4, -0.2) is 88.4 Å². The smallest absolute Gasteiger partial charge is 0.319 e. The fourth-order valence-corrected chi connectivity index (χ4v) is 4.25. The summed E-state index contributed by atoms with van der Waals surface area (Å²) in [6.07, 6.45) is 5.06. The van der Waals surface area contributed by atoms with E-state index >= 15 is 0 Å². The van der Waals surface area contributed by atoms with Crippen molar-refractivity contribution in [2.24, 2.45) is 0 Å². The van der Waals surface area contributed by atoms with Crippen LogP contribution in [0.25, 0.3) is 22.2 Å². The van der Waals surface area contributed by atoms with Gasteiger partial charge in [-0.05, 0) is 18.9 Å². The molecule has 2 N–H and O–H groups in total. The van der Waals surface area contributed by atoms with Crippen LogP contribution < -0.4 is 5.32 Å². The molecule has 3 heterocycles. The molecule has 1 aliphatic heterocycles. The highest BCUT2D eigenvalue weighted by Gasteiger charge is 2.25. The lowest BCUT2D eigenvalue weighted by Gasteiger charge is -2.33. The second-order valence-electron chi connectivity index (χ2n) is 8.47. The normalized spacial score (nSPS) is 14.4. The van der Waals surface area contributed by atoms with E-state index in [1.807, 2.05) is 30.5 Å². The van der Waals surface area contributed by atoms with Gasteiger partial charge in [-0.2, -0.15) is 0 Å². The van der Waals surface area contributed by atoms with E-state index in [4.69, 9.17) is 11.6 Å². The van der Waals surface area contributed by atoms with Crippen molar-refractivity contribution in [3.63, 3.8) is 0 Å². The lowest BCUT2D eigenvalue weighted by atomic mass is 10.1. The molecule has 0 bridgehead atoms. The molecule has 0 spiro atoms. The molecule has 33 heavy (non-hydrogen) atoms. The first-order valence-corrected chi connectivity index (χ1v) is 11.3. The number of hydrogen-bond acceptors (Lipinski definition) is 5. The molecule has 0 unspecified atom stereocenters. The predicted octanol–water partition coefficient (Wildman–Crippen LogP) is 3.29. The minimum atomic E-state index is -0.189. The second kappa shape index (κ2) is 9.66. The summed E-state index contributed by atoms with van der Waals surface area (Å²) in [5, 5.41) is 4.93. The van der Waals surface area contributed by atoms with Crippen molar-refractivity contribution >= 4 is 40.4 Å². The number of piperidine rings is 1. The highest BCUT2D eigenvalue weighted by molar-refractivity contribution is 6.33. The number of nitrogens with zero attached hydrogens (tertiary/aromatic N) is 5. The molecule has 9 nitrogen and oxygen atoms in total. The topological polar surface area (TPSA) is 97.5 Å². The summed E-state index contributed by atoms with van der Waals surface area (Å²) < 4.78 is 0. The zero-order chi connectivity index (χ0) is 23.5. The van der Waals surface area contributed by atoms with Gasteiger partial charge >= 0.3 is 6.03 Å². The number of carbonyl (C=O) groups excluding carboxylic acids is 2. The number of amides is 3. The molecule has 0 atom stereocenters. The Bertz CT molecular complexity index is 1150. The van der Waals surface area contributed by atoms with Gasteiger partial charge in [-0.25, -0.2) is 14.8 Å². The Balaban J connectivity index is 1.38. The average Bonchev–Trinajstić information content (AvgIpc) is 3.24. The minimum Gasteiger partial charge on any atom is -0.360 e. The number of aromatic amines is 1. The number of hydrogen-bond donors (Lipinski definition) is 2. The Morgan fingerprint density at radius 3 is 2.67 bits per heavy atom. The minimum absolute atomic E-state index is 0.0458. The van der Waals surface area contributed by atoms with Gasteiger partial charge in [0, 0.05) is 62.9 Å². The maximum Gasteiger partial charge on any atom is 0.319 e. The number of anilines is 1. The van der Waals surface area contributed by atoms with Crippen molar-refractivity contribution in [1.29, 1.82) is 0 Å². The van der Waals surface area contributed by atoms with Crippen LogP contribution in [0.3, 0.4) is 0 Å². The highest BCUT2D eigenvalue weighted by atomic mass is 35.5. The first kappa shape index (κ1) is 22.8. The summed E-state index contributed by atoms with van der Waals surface area (Å²) in [6.45, 7) is 1.30. The lowest BCUT2D eigenvalue weighted by Crippen LogP contribution is -2.48. The summed E-state index contributed by atoms with van der Waals surface area (Å²) in [5.74, 6) is 0.469. The second-order valence-corrected chi connectivity index (χ2v) is 8.88. The Hall–Kier alpha value is -3.33. The van der Waals surface area contributed by atoms with Crippen LogP contribution in [0.4, 0.5) is 10.7 Å². The van der Waals surface area contributed by atoms with Crippen LogP contribution in [0.15, 0.2) is 36.7 Å². The van der Waals surface area contributed by atoms with Gasteiger partial charge in [0.05, 0.1) is 16.9 Å². The summed E-state index contributed by atoms with van der Waals surface area (Å²) in [6, 6.07) is 7.96. The van der Waals surface area contributed by atoms with Gasteiger partial charge in [0.25, 0.3) is 0 Å². The predicted molar refractivity (Wildman–Crippen MR) is 129 cm³/mol. The number of carbonyl (C=O) groups is 2. The highest BCUT2D eigenvalue weighted by Crippen LogP contribution is 2.32. The number of H-pyrrole nitrogens is 1. The Morgan fingerprint density at radius 1 is 1.21 bits per heavy atom. The molecule has 0 radical (unpaired) electrons. The number of aromatic nitrogens is 3. The van der Waals surface area contributed by atoms with Gasteiger partial charge < -0.3 is 25.0 Å². The Labute approximate surface area is 197 Å². The van der Waals surface area contributed by atoms with E-state index < -0.39 is 0 Å². The standard InChI is InChI=1S/C23H28ClN7O2/c1-29(2)23(33)30(3)14-20(32)31-10-8-15(9-11-31)27-22-26-13-18(24)21(28-22)17-12-25-19-7-5-4-6-16(17)19/h4-7,12-13,15,25H,8-11,14H2,1-3H3,(H,26,27,28). The molecule has 3 amide bonds. The zero-order valence-corrected chi connectivity index (χ0v) is 19.8. The van der Waals surface area contributed by atoms with Crippen LogP contribution >= 0.6 is 11.6 Å². The lowest BCUT2D eigenvalue weighted by molar-refractivity contribution is -0.132. The third-order valence-corrected chi connectivity index (χ3v) is 6.13. The van der Waals surface area contributed by atoms with E-state index in [9.17, 15) is 9.59 Å². The van der Waals surface area contributed by atoms with E-state index in [1.165, 1.54) is 9.80 Å². The maximum absolute atomic E-state index is 12.6. The van der Waals surface area contributed by atoms with E-state index in [2.05, 4.69) is 20.3 Å². The van der Waals surface area contributed by atoms with Gasteiger partial charge in [-0.3, -0.25) is 4.79 Å². The SMILES string of the molecule is CN(C)C(=O)N(C)CC(=O)N1CCC(Nc2ncc(Cl)c(-c3c[nH]c4ccccc34)n2)CC1. The number of rotatable bonds is 5. The van der Waals surface area contributed by atoms with E-state index in [0.717, 1.165) is 29.3 Å². The maximum atomic E-state index is 12.6. The third-order valence-electron chi connectivity index (χ3n) is 5.85. The van der Waals surface area contributed by atoms with E-state index in [1.54, 1.807) is 32.2 Å². The van der Waals surface area contributed by atoms with Crippen molar-refractivity contribution < 1.29 is 9.59 Å². The number of benzene rings is 1. The molecule has 10 heteroatoms. The number of halogens is 1. The van der Waals surface area contributed by atoms with Gasteiger partial charge in [-0.1, -0.05) is 29.8 Å². The Kier molecular flexibility index (Phi) is 6.69. The van der Waals surface area contributed by atoms with E-state index in [-0.39, 0.29) is 24.5 Å². The van der Waals surface area contributed by atoms with Gasteiger partial charge in [0.2, 0.25) is 11.9 Å². The zero-order valence-electron chi connectivity index (χ0n) is 19.0. The molecular weight excluding hydrogens is 442 g/mol. The fraction of sp³-hybridized carbons (Fsp3) is 0.391. The molecule has 1 aromatic carbocycles. The van der Waals surface area contributed by atoms with Crippen molar-refractivity contribution in [3.8, 4) is 11.3 Å². The van der Waals surface area contributed by atoms with Crippen molar-refractivity contribution in [2.45, 2.75) is 18.9 Å². The summed E-state index contributed by atoms with van der Waals surface area (Å²) in [7, 11) is 4.98. The monoisotopic (exact) mass is 469 g/mol. The number of fused-ring (bicyclic) bond motifs is 1. The van der Waals surface area contributed by atoms with Crippen LogP contribution in [-0.2, 0) is 4.79 Å². The molecule has 2 aromatic heterocycles. The van der Waals surface area contributed by atoms with Crippen molar-refractivity contribution in [1.82, 2.24) is 29.7 Å². The van der Waals surface area contributed by atoms with Gasteiger partial charge in [0.15, 0.2) is 0 Å². The number of nitrogens with one attached hydrogen (secondary N) is 2. The summed E-state index contributed by atoms with van der Waals surface area (Å²) >= 11 is 6.43. The quantitative estimate of drug-likeness (QED) is 0.597. The molecule has 0 aliphatic carbocycles. The van der Waals surface area contributed by atoms with Crippen molar-refractivity contribution in [2.75, 3.05) is 46.1 Å². The molecule has 1 aliphatic rings. The summed E-state index contributed by atoms with van der Waals surface area (Å²) in [5.41, 5.74) is 2.62.